The fraction of sp³-hybridized carbons (Fsp3) is 0.500. The lowest BCUT2D eigenvalue weighted by molar-refractivity contribution is -0.127. The molecule has 0 bridgehead atoms. The Morgan fingerprint density at radius 2 is 1.86 bits per heavy atom. The molecule has 0 aliphatic carbocycles. The van der Waals surface area contributed by atoms with Crippen LogP contribution in [0.15, 0.2) is 30.3 Å². The van der Waals surface area contributed by atoms with Gasteiger partial charge in [0, 0.05) is 19.4 Å². The molecule has 0 aliphatic heterocycles. The lowest BCUT2D eigenvalue weighted by Crippen LogP contribution is -2.44. The van der Waals surface area contributed by atoms with Gasteiger partial charge in [-0.25, -0.2) is 4.79 Å². The number of unbranched alkanes of at least 4 members (excludes halogenated alkanes) is 3. The number of ether oxygens (including phenoxy) is 1. The van der Waals surface area contributed by atoms with Crippen molar-refractivity contribution in [3.8, 4) is 6.07 Å². The molecule has 0 aliphatic rings. The largest absolute Gasteiger partial charge is 0.445 e. The van der Waals surface area contributed by atoms with Crippen LogP contribution < -0.4 is 16.4 Å². The summed E-state index contributed by atoms with van der Waals surface area (Å²) >= 11 is 0. The van der Waals surface area contributed by atoms with E-state index in [0.29, 0.717) is 32.2 Å². The van der Waals surface area contributed by atoms with Crippen molar-refractivity contribution < 1.29 is 19.1 Å². The van der Waals surface area contributed by atoms with E-state index in [1.54, 1.807) is 0 Å². The van der Waals surface area contributed by atoms with Crippen molar-refractivity contribution in [2.75, 3.05) is 6.54 Å². The number of benzene rings is 1. The molecule has 0 aromatic heterocycles. The third-order valence-electron chi connectivity index (χ3n) is 4.02. The van der Waals surface area contributed by atoms with E-state index >= 15 is 0 Å². The molecule has 4 N–H and O–H groups in total. The number of primary amides is 1. The summed E-state index contributed by atoms with van der Waals surface area (Å²) in [6.45, 7) is 0.690. The summed E-state index contributed by atoms with van der Waals surface area (Å²) < 4.78 is 5.10. The van der Waals surface area contributed by atoms with Gasteiger partial charge in [0.1, 0.15) is 12.6 Å². The first kappa shape index (κ1) is 23.0. The molecule has 0 spiro atoms. The molecule has 1 aromatic carbocycles. The molecule has 8 heteroatoms. The van der Waals surface area contributed by atoms with E-state index in [-0.39, 0.29) is 18.9 Å². The molecule has 0 heterocycles. The van der Waals surface area contributed by atoms with Gasteiger partial charge in [-0.1, -0.05) is 36.8 Å². The molecule has 0 saturated heterocycles. The maximum absolute atomic E-state index is 11.9. The highest BCUT2D eigenvalue weighted by molar-refractivity contribution is 5.86. The third-order valence-corrected chi connectivity index (χ3v) is 4.02. The Morgan fingerprint density at radius 1 is 1.11 bits per heavy atom. The molecule has 3 amide bonds. The van der Waals surface area contributed by atoms with Crippen LogP contribution >= 0.6 is 0 Å². The Morgan fingerprint density at radius 3 is 2.54 bits per heavy atom. The van der Waals surface area contributed by atoms with Gasteiger partial charge < -0.3 is 21.1 Å². The zero-order valence-corrected chi connectivity index (χ0v) is 16.0. The fourth-order valence-corrected chi connectivity index (χ4v) is 2.49. The van der Waals surface area contributed by atoms with Crippen LogP contribution in [0.25, 0.3) is 0 Å². The van der Waals surface area contributed by atoms with Gasteiger partial charge in [0.2, 0.25) is 11.8 Å². The lowest BCUT2D eigenvalue weighted by Gasteiger charge is -2.14. The first-order valence-electron chi connectivity index (χ1n) is 9.43. The van der Waals surface area contributed by atoms with Gasteiger partial charge in [-0.3, -0.25) is 9.59 Å². The van der Waals surface area contributed by atoms with E-state index in [9.17, 15) is 14.4 Å². The molecule has 0 saturated carbocycles. The van der Waals surface area contributed by atoms with Crippen molar-refractivity contribution >= 4 is 17.9 Å². The number of amides is 3. The fourth-order valence-electron chi connectivity index (χ4n) is 2.49. The van der Waals surface area contributed by atoms with Crippen LogP contribution in [0, 0.1) is 11.3 Å². The second kappa shape index (κ2) is 14.0. The van der Waals surface area contributed by atoms with Crippen molar-refractivity contribution in [3.05, 3.63) is 35.9 Å². The van der Waals surface area contributed by atoms with Crippen LogP contribution in [0.3, 0.4) is 0 Å². The lowest BCUT2D eigenvalue weighted by atomic mass is 10.1. The summed E-state index contributed by atoms with van der Waals surface area (Å²) in [7, 11) is 0. The quantitative estimate of drug-likeness (QED) is 0.445. The van der Waals surface area contributed by atoms with Crippen LogP contribution in [0.5, 0.6) is 0 Å². The molecular weight excluding hydrogens is 360 g/mol. The van der Waals surface area contributed by atoms with Gasteiger partial charge in [0.15, 0.2) is 0 Å². The van der Waals surface area contributed by atoms with E-state index < -0.39 is 18.0 Å². The predicted molar refractivity (Wildman–Crippen MR) is 104 cm³/mol. The molecule has 28 heavy (non-hydrogen) atoms. The first-order chi connectivity index (χ1) is 13.5. The Balaban J connectivity index is 2.07. The van der Waals surface area contributed by atoms with Gasteiger partial charge >= 0.3 is 6.09 Å². The number of nitrogens with two attached hydrogens (primary N) is 1. The van der Waals surface area contributed by atoms with Crippen molar-refractivity contribution in [2.45, 2.75) is 57.6 Å². The molecule has 1 aromatic rings. The number of carbonyl (C=O) groups excluding carboxylic acids is 3. The number of hydrogen-bond acceptors (Lipinski definition) is 5. The summed E-state index contributed by atoms with van der Waals surface area (Å²) in [6.07, 6.45) is 3.11. The summed E-state index contributed by atoms with van der Waals surface area (Å²) in [5, 5.41) is 13.8. The maximum atomic E-state index is 11.9. The number of alkyl carbamates (subject to hydrolysis) is 1. The number of hydrogen-bond donors (Lipinski definition) is 3. The van der Waals surface area contributed by atoms with Crippen molar-refractivity contribution in [3.63, 3.8) is 0 Å². The zero-order valence-electron chi connectivity index (χ0n) is 16.0. The second-order valence-corrected chi connectivity index (χ2v) is 6.37. The van der Waals surface area contributed by atoms with E-state index in [1.165, 1.54) is 0 Å². The average Bonchev–Trinajstić information content (AvgIpc) is 2.69. The number of nitrogens with one attached hydrogen (secondary N) is 2. The molecule has 0 radical (unpaired) electrons. The van der Waals surface area contributed by atoms with Gasteiger partial charge in [0.25, 0.3) is 0 Å². The highest BCUT2D eigenvalue weighted by atomic mass is 16.5. The average molecular weight is 388 g/mol. The van der Waals surface area contributed by atoms with E-state index in [4.69, 9.17) is 15.7 Å². The van der Waals surface area contributed by atoms with Crippen LogP contribution in [0.1, 0.15) is 50.5 Å². The zero-order chi connectivity index (χ0) is 20.6. The van der Waals surface area contributed by atoms with Gasteiger partial charge in [0.05, 0.1) is 6.07 Å². The molecule has 1 rings (SSSR count). The summed E-state index contributed by atoms with van der Waals surface area (Å²) in [6, 6.07) is 10.7. The number of rotatable bonds is 13. The molecule has 152 valence electrons. The maximum Gasteiger partial charge on any atom is 0.407 e. The molecule has 0 fully saturated rings. The second-order valence-electron chi connectivity index (χ2n) is 6.37. The van der Waals surface area contributed by atoms with Crippen LogP contribution in [-0.2, 0) is 20.9 Å². The van der Waals surface area contributed by atoms with E-state index in [2.05, 4.69) is 10.6 Å². The van der Waals surface area contributed by atoms with Gasteiger partial charge in [-0.15, -0.1) is 0 Å². The number of nitrogens with zero attached hydrogens (tertiary/aromatic N) is 1. The van der Waals surface area contributed by atoms with Gasteiger partial charge in [-0.05, 0) is 31.2 Å². The van der Waals surface area contributed by atoms with Crippen LogP contribution in [0.2, 0.25) is 0 Å². The topological polar surface area (TPSA) is 134 Å². The molecule has 8 nitrogen and oxygen atoms in total. The molecular formula is C20H28N4O4. The van der Waals surface area contributed by atoms with Gasteiger partial charge in [-0.2, -0.15) is 5.26 Å². The number of nitriles is 1. The van der Waals surface area contributed by atoms with Crippen LogP contribution in [-0.4, -0.2) is 30.5 Å². The minimum Gasteiger partial charge on any atom is -0.445 e. The monoisotopic (exact) mass is 388 g/mol. The highest BCUT2D eigenvalue weighted by Crippen LogP contribution is 2.04. The minimum atomic E-state index is -0.734. The summed E-state index contributed by atoms with van der Waals surface area (Å²) in [5.41, 5.74) is 6.18. The minimum absolute atomic E-state index is 0.224. The molecule has 0 unspecified atom stereocenters. The Bertz CT molecular complexity index is 658. The van der Waals surface area contributed by atoms with Crippen molar-refractivity contribution in [2.24, 2.45) is 5.73 Å². The van der Waals surface area contributed by atoms with Crippen LogP contribution in [0.4, 0.5) is 4.79 Å². The normalized spacial score (nSPS) is 11.1. The SMILES string of the molecule is N#CCCC[C@@H](NC(=O)CCCCCNC(=O)OCc1ccccc1)C(N)=O. The summed E-state index contributed by atoms with van der Waals surface area (Å²) in [5.74, 6) is -0.833. The Hall–Kier alpha value is -3.08. The first-order valence-corrected chi connectivity index (χ1v) is 9.43. The molecule has 1 atom stereocenters. The van der Waals surface area contributed by atoms with Crippen molar-refractivity contribution in [1.82, 2.24) is 10.6 Å². The smallest absolute Gasteiger partial charge is 0.407 e. The summed E-state index contributed by atoms with van der Waals surface area (Å²) in [4.78, 5) is 34.8. The van der Waals surface area contributed by atoms with E-state index in [0.717, 1.165) is 18.4 Å². The van der Waals surface area contributed by atoms with E-state index in [1.807, 2.05) is 36.4 Å². The predicted octanol–water partition coefficient (Wildman–Crippen LogP) is 2.14. The van der Waals surface area contributed by atoms with Crippen molar-refractivity contribution in [1.29, 1.82) is 5.26 Å². The highest BCUT2D eigenvalue weighted by Gasteiger charge is 2.17. The standard InChI is InChI=1S/C20H28N4O4/c21-13-7-6-11-17(19(22)26)24-18(25)12-5-2-8-14-23-20(27)28-15-16-9-3-1-4-10-16/h1,3-4,9-10,17H,2,5-8,11-12,14-15H2,(H2,22,26)(H,23,27)(H,24,25)/t17-/m1/s1. The Labute approximate surface area is 165 Å². The third kappa shape index (κ3) is 10.8. The number of carbonyl (C=O) groups is 3. The Kier molecular flexibility index (Phi) is 11.5.